The van der Waals surface area contributed by atoms with Gasteiger partial charge in [0.15, 0.2) is 0 Å². The molecule has 426 valence electrons. The molecule has 0 heterocycles. The zero-order chi connectivity index (χ0) is 56.1. The molecule has 0 spiro atoms. The van der Waals surface area contributed by atoms with Crippen LogP contribution in [0.4, 0.5) is 9.59 Å². The second-order valence-corrected chi connectivity index (χ2v) is 21.5. The fourth-order valence-corrected chi connectivity index (χ4v) is 11.1. The first-order valence-electron chi connectivity index (χ1n) is 26.5. The summed E-state index contributed by atoms with van der Waals surface area (Å²) >= 11 is 0. The van der Waals surface area contributed by atoms with Crippen molar-refractivity contribution in [2.75, 3.05) is 85.1 Å². The van der Waals surface area contributed by atoms with Crippen molar-refractivity contribution in [3.8, 4) is 0 Å². The predicted molar refractivity (Wildman–Crippen MR) is 287 cm³/mol. The number of methoxy groups -OCH3 is 1. The molecule has 22 heteroatoms. The third-order valence-corrected chi connectivity index (χ3v) is 15.6. The van der Waals surface area contributed by atoms with Crippen LogP contribution in [0.5, 0.6) is 0 Å². The van der Waals surface area contributed by atoms with Crippen molar-refractivity contribution in [3.63, 3.8) is 0 Å². The molecule has 1 N–H and O–H groups in total. The quantitative estimate of drug-likeness (QED) is 0.0285. The average Bonchev–Trinajstić information content (AvgIpc) is 3.40. The maximum absolute atomic E-state index is 13.0. The lowest BCUT2D eigenvalue weighted by atomic mass is 10.1. The van der Waals surface area contributed by atoms with Gasteiger partial charge in [-0.25, -0.2) is 19.2 Å². The molecule has 0 unspecified atom stereocenters. The molecule has 75 heavy (non-hydrogen) atoms. The highest BCUT2D eigenvalue weighted by Crippen LogP contribution is 2.48. The predicted octanol–water partition coefficient (Wildman–Crippen LogP) is 10.4. The van der Waals surface area contributed by atoms with Crippen molar-refractivity contribution in [1.82, 2.24) is 19.6 Å². The molecule has 4 amide bonds. The Hall–Kier alpha value is -4.84. The standard InChI is InChI=1S/C27H45N2O8P.C26H43N2O8P/c1-6-18-29(25(30)7-2)24(26(31)34-5)17-13-14-19-28(20-21-38(33,36-8-3)37-9-4)27(32)35-22-23-15-11-10-12-16-23;1-5-17-28(24(29)6-2)23(25(30)31)16-12-13-18-27(19-20-37(33,35-7-3)36-8-4)26(32)34-21-22-14-10-9-11-15-22/h10-12,15-16,24H,6-9,13-14,17-22H2,1-5H3;9-11,14-15,23H,5-8,12-13,16-21H2,1-4H3,(H,30,31)/t24-;23-/m11/s1. The van der Waals surface area contributed by atoms with Gasteiger partial charge in [0.25, 0.3) is 0 Å². The summed E-state index contributed by atoms with van der Waals surface area (Å²) in [7, 11) is -5.40. The number of amides is 4. The van der Waals surface area contributed by atoms with Gasteiger partial charge >= 0.3 is 39.3 Å². The number of ether oxygens (including phenoxy) is 3. The van der Waals surface area contributed by atoms with Gasteiger partial charge in [0.05, 0.1) is 45.9 Å². The molecular weight excluding hydrogens is 1010 g/mol. The van der Waals surface area contributed by atoms with E-state index in [2.05, 4.69) is 0 Å². The number of benzene rings is 2. The number of esters is 1. The normalized spacial score (nSPS) is 12.1. The molecule has 0 aliphatic carbocycles. The minimum absolute atomic E-state index is 0.0160. The van der Waals surface area contributed by atoms with Crippen LogP contribution in [0, 0.1) is 0 Å². The second kappa shape index (κ2) is 39.5. The zero-order valence-electron chi connectivity index (χ0n) is 46.2. The third-order valence-electron chi connectivity index (χ3n) is 11.5. The Morgan fingerprint density at radius 2 is 0.867 bits per heavy atom. The monoisotopic (exact) mass is 1100 g/mol. The van der Waals surface area contributed by atoms with E-state index in [-0.39, 0.29) is 96.3 Å². The maximum atomic E-state index is 13.0. The topological polar surface area (TPSA) is 234 Å². The lowest BCUT2D eigenvalue weighted by Gasteiger charge is -2.30. The van der Waals surface area contributed by atoms with Gasteiger partial charge in [-0.15, -0.1) is 0 Å². The number of unbranched alkanes of at least 4 members (excludes halogenated alkanes) is 2. The number of carbonyl (C=O) groups is 6. The average molecular weight is 1100 g/mol. The summed E-state index contributed by atoms with van der Waals surface area (Å²) in [5.74, 6) is -1.78. The number of hydrogen-bond acceptors (Lipinski definition) is 15. The number of carbonyl (C=O) groups excluding carboxylic acids is 5. The first-order valence-corrected chi connectivity index (χ1v) is 30.0. The summed E-state index contributed by atoms with van der Waals surface area (Å²) < 4.78 is 63.3. The molecule has 0 aliphatic heterocycles. The molecule has 0 saturated heterocycles. The summed E-state index contributed by atoms with van der Waals surface area (Å²) in [4.78, 5) is 80.9. The van der Waals surface area contributed by atoms with Crippen LogP contribution in [0.3, 0.4) is 0 Å². The molecule has 0 saturated carbocycles. The Kier molecular flexibility index (Phi) is 35.9. The van der Waals surface area contributed by atoms with E-state index >= 15 is 0 Å². The minimum atomic E-state index is -3.36. The first-order chi connectivity index (χ1) is 36.0. The molecule has 0 fully saturated rings. The van der Waals surface area contributed by atoms with Crippen LogP contribution in [-0.4, -0.2) is 158 Å². The van der Waals surface area contributed by atoms with E-state index in [9.17, 15) is 43.0 Å². The summed E-state index contributed by atoms with van der Waals surface area (Å²) in [6, 6.07) is 17.0. The minimum Gasteiger partial charge on any atom is -0.480 e. The number of aliphatic carboxylic acids is 1. The molecular formula is C53H88N4O16P2. The van der Waals surface area contributed by atoms with Crippen LogP contribution in [0.15, 0.2) is 60.7 Å². The first kappa shape index (κ1) is 68.2. The van der Waals surface area contributed by atoms with Gasteiger partial charge in [-0.05, 0) is 90.2 Å². The van der Waals surface area contributed by atoms with Gasteiger partial charge in [-0.1, -0.05) is 88.4 Å². The van der Waals surface area contributed by atoms with Crippen molar-refractivity contribution in [1.29, 1.82) is 0 Å². The van der Waals surface area contributed by atoms with E-state index in [0.717, 1.165) is 17.5 Å². The maximum Gasteiger partial charge on any atom is 0.410 e. The van der Waals surface area contributed by atoms with Gasteiger partial charge in [0.1, 0.15) is 25.3 Å². The summed E-state index contributed by atoms with van der Waals surface area (Å²) in [6.45, 7) is 17.0. The Morgan fingerprint density at radius 3 is 1.19 bits per heavy atom. The lowest BCUT2D eigenvalue weighted by molar-refractivity contribution is -0.153. The molecule has 20 nitrogen and oxygen atoms in total. The largest absolute Gasteiger partial charge is 0.480 e. The molecule has 2 atom stereocenters. The van der Waals surface area contributed by atoms with Gasteiger partial charge in [0, 0.05) is 52.1 Å². The highest BCUT2D eigenvalue weighted by atomic mass is 31.2. The van der Waals surface area contributed by atoms with Crippen LogP contribution in [0.2, 0.25) is 0 Å². The van der Waals surface area contributed by atoms with Crippen molar-refractivity contribution in [3.05, 3.63) is 71.8 Å². The molecule has 0 radical (unpaired) electrons. The number of carboxylic acids is 1. The lowest BCUT2D eigenvalue weighted by Crippen LogP contribution is -2.46. The molecule has 2 aromatic rings. The van der Waals surface area contributed by atoms with Crippen LogP contribution in [-0.2, 0) is 73.8 Å². The molecule has 0 bridgehead atoms. The van der Waals surface area contributed by atoms with Gasteiger partial charge in [-0.2, -0.15) is 0 Å². The molecule has 0 aliphatic rings. The summed E-state index contributed by atoms with van der Waals surface area (Å²) in [5, 5.41) is 9.73. The van der Waals surface area contributed by atoms with Crippen molar-refractivity contribution < 1.29 is 75.3 Å². The van der Waals surface area contributed by atoms with E-state index in [4.69, 9.17) is 32.3 Å². The molecule has 2 aromatic carbocycles. The van der Waals surface area contributed by atoms with Gasteiger partial charge in [-0.3, -0.25) is 18.7 Å². The van der Waals surface area contributed by atoms with Crippen molar-refractivity contribution in [2.24, 2.45) is 0 Å². The van der Waals surface area contributed by atoms with E-state index < -0.39 is 51.4 Å². The highest BCUT2D eigenvalue weighted by molar-refractivity contribution is 7.54. The van der Waals surface area contributed by atoms with E-state index in [0.29, 0.717) is 64.6 Å². The van der Waals surface area contributed by atoms with Gasteiger partial charge < -0.3 is 57.0 Å². The van der Waals surface area contributed by atoms with Crippen molar-refractivity contribution >= 4 is 51.1 Å². The van der Waals surface area contributed by atoms with Crippen LogP contribution < -0.4 is 0 Å². The Morgan fingerprint density at radius 1 is 0.507 bits per heavy atom. The molecule has 2 rings (SSSR count). The zero-order valence-corrected chi connectivity index (χ0v) is 47.9. The number of nitrogens with zero attached hydrogens (tertiary/aromatic N) is 4. The summed E-state index contributed by atoms with van der Waals surface area (Å²) in [5.41, 5.74) is 1.69. The van der Waals surface area contributed by atoms with Crippen LogP contribution in [0.1, 0.15) is 131 Å². The van der Waals surface area contributed by atoms with Crippen molar-refractivity contribution in [2.45, 2.75) is 145 Å². The Balaban J connectivity index is 0.000000750. The summed E-state index contributed by atoms with van der Waals surface area (Å²) in [6.07, 6.45) is 3.62. The molecule has 0 aromatic heterocycles. The smallest absolute Gasteiger partial charge is 0.410 e. The third kappa shape index (κ3) is 27.2. The number of rotatable bonds is 38. The van der Waals surface area contributed by atoms with E-state index in [1.54, 1.807) is 46.4 Å². The van der Waals surface area contributed by atoms with Crippen LogP contribution >= 0.6 is 15.2 Å². The number of hydrogen-bond donors (Lipinski definition) is 1. The SMILES string of the molecule is CCCN(C(=O)CC)[C@H](CCCCN(CCP(=O)(OCC)OCC)C(=O)OCc1ccccc1)C(=O)O.CCCN(C(=O)CC)[C@H](CCCCN(CCP(=O)(OCC)OCC)C(=O)OCc1ccccc1)C(=O)OC. The number of carboxylic acid groups (broad SMARTS) is 1. The van der Waals surface area contributed by atoms with Crippen LogP contribution in [0.25, 0.3) is 0 Å². The highest BCUT2D eigenvalue weighted by Gasteiger charge is 2.32. The second-order valence-electron chi connectivity index (χ2n) is 17.2. The Labute approximate surface area is 446 Å². The fourth-order valence-electron chi connectivity index (χ4n) is 7.84. The Bertz CT molecular complexity index is 2020. The van der Waals surface area contributed by atoms with E-state index in [1.165, 1.54) is 21.8 Å². The fraction of sp³-hybridized carbons (Fsp3) is 0.660. The van der Waals surface area contributed by atoms with Gasteiger partial charge in [0.2, 0.25) is 11.8 Å². The van der Waals surface area contributed by atoms with E-state index in [1.807, 2.05) is 74.5 Å².